The fourth-order valence-electron chi connectivity index (χ4n) is 2.99. The second-order valence-corrected chi connectivity index (χ2v) is 7.28. The van der Waals surface area contributed by atoms with E-state index < -0.39 is 0 Å². The molecule has 0 saturated carbocycles. The number of carbonyl (C=O) groups is 1. The molecule has 6 nitrogen and oxygen atoms in total. The Morgan fingerprint density at radius 2 is 2.08 bits per heavy atom. The highest BCUT2D eigenvalue weighted by atomic mass is 32.1. The van der Waals surface area contributed by atoms with Gasteiger partial charge in [0.1, 0.15) is 5.82 Å². The summed E-state index contributed by atoms with van der Waals surface area (Å²) in [7, 11) is 0. The van der Waals surface area contributed by atoms with E-state index in [0.717, 1.165) is 54.7 Å². The number of likely N-dealkylation sites (tertiary alicyclic amines) is 1. The molecule has 0 spiro atoms. The SMILES string of the molecule is Cc1nccc(CNC(=O)C2CCN(Cc3csc(C)n3)CC2)n1. The van der Waals surface area contributed by atoms with Crippen molar-refractivity contribution in [2.75, 3.05) is 13.1 Å². The van der Waals surface area contributed by atoms with Gasteiger partial charge < -0.3 is 5.32 Å². The number of nitrogens with one attached hydrogen (secondary N) is 1. The molecule has 1 amide bonds. The van der Waals surface area contributed by atoms with Gasteiger partial charge in [0, 0.05) is 24.0 Å². The summed E-state index contributed by atoms with van der Waals surface area (Å²) in [6, 6.07) is 1.84. The van der Waals surface area contributed by atoms with E-state index in [-0.39, 0.29) is 11.8 Å². The van der Waals surface area contributed by atoms with Crippen LogP contribution >= 0.6 is 11.3 Å². The number of thiazole rings is 1. The van der Waals surface area contributed by atoms with Gasteiger partial charge >= 0.3 is 0 Å². The predicted octanol–water partition coefficient (Wildman–Crippen LogP) is 2.08. The van der Waals surface area contributed by atoms with Gasteiger partial charge in [-0.3, -0.25) is 9.69 Å². The third-order valence-electron chi connectivity index (χ3n) is 4.29. The number of piperidine rings is 1. The van der Waals surface area contributed by atoms with Crippen molar-refractivity contribution in [2.45, 2.75) is 39.8 Å². The summed E-state index contributed by atoms with van der Waals surface area (Å²) in [4.78, 5) is 27.6. The zero-order valence-corrected chi connectivity index (χ0v) is 15.0. The average molecular weight is 345 g/mol. The van der Waals surface area contributed by atoms with Gasteiger partial charge in [-0.15, -0.1) is 11.3 Å². The molecule has 3 rings (SSSR count). The molecule has 7 heteroatoms. The Kier molecular flexibility index (Phi) is 5.52. The molecule has 0 atom stereocenters. The molecule has 1 aliphatic rings. The third-order valence-corrected chi connectivity index (χ3v) is 5.11. The van der Waals surface area contributed by atoms with Crippen molar-refractivity contribution in [1.82, 2.24) is 25.2 Å². The molecule has 1 fully saturated rings. The lowest BCUT2D eigenvalue weighted by molar-refractivity contribution is -0.126. The Morgan fingerprint density at radius 3 is 2.75 bits per heavy atom. The maximum atomic E-state index is 12.3. The lowest BCUT2D eigenvalue weighted by atomic mass is 9.96. The molecule has 0 unspecified atom stereocenters. The van der Waals surface area contributed by atoms with Crippen molar-refractivity contribution in [1.29, 1.82) is 0 Å². The Labute approximate surface area is 146 Å². The number of rotatable bonds is 5. The fraction of sp³-hybridized carbons (Fsp3) is 0.529. The van der Waals surface area contributed by atoms with E-state index in [1.165, 1.54) is 0 Å². The Balaban J connectivity index is 1.43. The summed E-state index contributed by atoms with van der Waals surface area (Å²) in [5.74, 6) is 0.962. The van der Waals surface area contributed by atoms with Crippen molar-refractivity contribution in [3.05, 3.63) is 39.9 Å². The molecule has 0 aromatic carbocycles. The van der Waals surface area contributed by atoms with Crippen LogP contribution in [-0.4, -0.2) is 38.8 Å². The van der Waals surface area contributed by atoms with E-state index in [9.17, 15) is 4.79 Å². The smallest absolute Gasteiger partial charge is 0.223 e. The Hall–Kier alpha value is -1.86. The first kappa shape index (κ1) is 17.0. The van der Waals surface area contributed by atoms with E-state index >= 15 is 0 Å². The maximum Gasteiger partial charge on any atom is 0.223 e. The van der Waals surface area contributed by atoms with Crippen molar-refractivity contribution in [2.24, 2.45) is 5.92 Å². The van der Waals surface area contributed by atoms with Crippen LogP contribution in [0, 0.1) is 19.8 Å². The van der Waals surface area contributed by atoms with Crippen molar-refractivity contribution < 1.29 is 4.79 Å². The Bertz CT molecular complexity index is 694. The molecule has 2 aromatic rings. The second kappa shape index (κ2) is 7.81. The van der Waals surface area contributed by atoms with Crippen LogP contribution in [0.2, 0.25) is 0 Å². The minimum absolute atomic E-state index is 0.0985. The number of hydrogen-bond donors (Lipinski definition) is 1. The standard InChI is InChI=1S/C17H23N5OS/c1-12-18-6-3-15(20-12)9-19-17(23)14-4-7-22(8-5-14)10-16-11-24-13(2)21-16/h3,6,11,14H,4-5,7-10H2,1-2H3,(H,19,23). The lowest BCUT2D eigenvalue weighted by Crippen LogP contribution is -2.40. The van der Waals surface area contributed by atoms with Gasteiger partial charge in [-0.2, -0.15) is 0 Å². The van der Waals surface area contributed by atoms with Crippen LogP contribution in [0.4, 0.5) is 0 Å². The number of nitrogens with zero attached hydrogens (tertiary/aromatic N) is 4. The average Bonchev–Trinajstić information content (AvgIpc) is 2.98. The van der Waals surface area contributed by atoms with Gasteiger partial charge in [0.2, 0.25) is 5.91 Å². The largest absolute Gasteiger partial charge is 0.350 e. The number of amides is 1. The number of carbonyl (C=O) groups excluding carboxylic acids is 1. The molecular weight excluding hydrogens is 322 g/mol. The predicted molar refractivity (Wildman–Crippen MR) is 93.5 cm³/mol. The minimum Gasteiger partial charge on any atom is -0.350 e. The molecular formula is C17H23N5OS. The van der Waals surface area contributed by atoms with Crippen molar-refractivity contribution >= 4 is 17.2 Å². The molecule has 0 radical (unpaired) electrons. The number of aromatic nitrogens is 3. The molecule has 1 N–H and O–H groups in total. The van der Waals surface area contributed by atoms with Gasteiger partial charge in [-0.25, -0.2) is 15.0 Å². The highest BCUT2D eigenvalue weighted by Gasteiger charge is 2.25. The summed E-state index contributed by atoms with van der Waals surface area (Å²) in [6.45, 7) is 7.14. The van der Waals surface area contributed by atoms with E-state index in [2.05, 4.69) is 30.5 Å². The first-order valence-corrected chi connectivity index (χ1v) is 9.18. The van der Waals surface area contributed by atoms with Gasteiger partial charge in [0.15, 0.2) is 0 Å². The fourth-order valence-corrected chi connectivity index (χ4v) is 3.59. The normalized spacial score (nSPS) is 16.2. The van der Waals surface area contributed by atoms with Gasteiger partial charge in [0.25, 0.3) is 0 Å². The highest BCUT2D eigenvalue weighted by Crippen LogP contribution is 2.20. The number of aryl methyl sites for hydroxylation is 2. The monoisotopic (exact) mass is 345 g/mol. The first-order chi connectivity index (χ1) is 11.6. The van der Waals surface area contributed by atoms with Crippen molar-refractivity contribution in [3.63, 3.8) is 0 Å². The van der Waals surface area contributed by atoms with Crippen LogP contribution in [0.1, 0.15) is 35.1 Å². The molecule has 1 saturated heterocycles. The zero-order chi connectivity index (χ0) is 16.9. The highest BCUT2D eigenvalue weighted by molar-refractivity contribution is 7.09. The molecule has 2 aromatic heterocycles. The zero-order valence-electron chi connectivity index (χ0n) is 14.2. The third kappa shape index (κ3) is 4.58. The molecule has 1 aliphatic heterocycles. The van der Waals surface area contributed by atoms with E-state index in [1.807, 2.05) is 19.9 Å². The van der Waals surface area contributed by atoms with Crippen LogP contribution in [-0.2, 0) is 17.9 Å². The minimum atomic E-state index is 0.0985. The Morgan fingerprint density at radius 1 is 1.29 bits per heavy atom. The molecule has 24 heavy (non-hydrogen) atoms. The first-order valence-electron chi connectivity index (χ1n) is 8.30. The van der Waals surface area contributed by atoms with Gasteiger partial charge in [-0.05, 0) is 45.8 Å². The second-order valence-electron chi connectivity index (χ2n) is 6.22. The van der Waals surface area contributed by atoms with E-state index in [0.29, 0.717) is 6.54 Å². The molecule has 0 bridgehead atoms. The van der Waals surface area contributed by atoms with E-state index in [4.69, 9.17) is 0 Å². The van der Waals surface area contributed by atoms with E-state index in [1.54, 1.807) is 17.5 Å². The maximum absolute atomic E-state index is 12.3. The quantitative estimate of drug-likeness (QED) is 0.898. The van der Waals surface area contributed by atoms with Crippen LogP contribution in [0.5, 0.6) is 0 Å². The summed E-state index contributed by atoms with van der Waals surface area (Å²) in [6.07, 6.45) is 3.53. The van der Waals surface area contributed by atoms with Crippen molar-refractivity contribution in [3.8, 4) is 0 Å². The van der Waals surface area contributed by atoms with Gasteiger partial charge in [-0.1, -0.05) is 0 Å². The molecule has 0 aliphatic carbocycles. The van der Waals surface area contributed by atoms with Gasteiger partial charge in [0.05, 0.1) is 22.9 Å². The number of hydrogen-bond acceptors (Lipinski definition) is 6. The van der Waals surface area contributed by atoms with Crippen LogP contribution < -0.4 is 5.32 Å². The van der Waals surface area contributed by atoms with Crippen LogP contribution in [0.25, 0.3) is 0 Å². The lowest BCUT2D eigenvalue weighted by Gasteiger charge is -2.30. The topological polar surface area (TPSA) is 71.0 Å². The van der Waals surface area contributed by atoms with Crippen LogP contribution in [0.15, 0.2) is 17.6 Å². The molecule has 128 valence electrons. The van der Waals surface area contributed by atoms with Crippen LogP contribution in [0.3, 0.4) is 0 Å². The summed E-state index contributed by atoms with van der Waals surface area (Å²) < 4.78 is 0. The summed E-state index contributed by atoms with van der Waals surface area (Å²) >= 11 is 1.69. The molecule has 3 heterocycles. The summed E-state index contributed by atoms with van der Waals surface area (Å²) in [5, 5.41) is 6.24. The summed E-state index contributed by atoms with van der Waals surface area (Å²) in [5.41, 5.74) is 1.99.